The van der Waals surface area contributed by atoms with Gasteiger partial charge in [-0.15, -0.1) is 0 Å². The van der Waals surface area contributed by atoms with Crippen molar-refractivity contribution in [3.8, 4) is 0 Å². The van der Waals surface area contributed by atoms with Crippen LogP contribution < -0.4 is 0 Å². The number of aliphatic hydroxyl groups excluding tert-OH is 1. The van der Waals surface area contributed by atoms with Gasteiger partial charge in [0.1, 0.15) is 6.29 Å². The van der Waals surface area contributed by atoms with E-state index in [0.717, 1.165) is 0 Å². The van der Waals surface area contributed by atoms with Crippen LogP contribution in [0.25, 0.3) is 0 Å². The Morgan fingerprint density at radius 1 is 1.40 bits per heavy atom. The maximum atomic E-state index is 7.61. The average Bonchev–Trinajstić information content (AvgIpc) is 0.811. The molecule has 2 N–H and O–H groups in total. The molecule has 0 aliphatic heterocycles. The summed E-state index contributed by atoms with van der Waals surface area (Å²) in [6.07, 6.45) is -1.17. The summed E-state index contributed by atoms with van der Waals surface area (Å²) < 4.78 is 0. The van der Waals surface area contributed by atoms with Gasteiger partial charge in [-0.05, 0) is 6.92 Å². The topological polar surface area (TPSA) is 40.5 Å². The van der Waals surface area contributed by atoms with Gasteiger partial charge in [-0.25, -0.2) is 0 Å². The molecule has 5 heavy (non-hydrogen) atoms. The fraction of sp³-hybridized carbons (Fsp3) is 1.00. The molecular weight excluding hydrogens is 68.0 g/mol. The van der Waals surface area contributed by atoms with E-state index < -0.39 is 6.29 Å². The zero-order chi connectivity index (χ0) is 3.58. The number of hydrogen-bond acceptors (Lipinski definition) is 2. The lowest BCUT2D eigenvalue weighted by atomic mass is 10.8. The molecule has 0 bridgehead atoms. The van der Waals surface area contributed by atoms with Crippen molar-refractivity contribution in [2.24, 2.45) is 0 Å². The van der Waals surface area contributed by atoms with Gasteiger partial charge in [-0.3, -0.25) is 0 Å². The van der Waals surface area contributed by atoms with Crippen molar-refractivity contribution in [3.05, 3.63) is 0 Å². The minimum atomic E-state index is -1.17. The largest absolute Gasteiger partial charge is 0.368 e. The summed E-state index contributed by atoms with van der Waals surface area (Å²) in [5.74, 6) is 0. The molecular formula is C3H10O2. The molecule has 0 amide bonds. The lowest BCUT2D eigenvalue weighted by Gasteiger charge is -1.80. The van der Waals surface area contributed by atoms with E-state index in [4.69, 9.17) is 10.2 Å². The Hall–Kier alpha value is -0.0800. The van der Waals surface area contributed by atoms with Crippen LogP contribution >= 0.6 is 0 Å². The van der Waals surface area contributed by atoms with E-state index >= 15 is 0 Å². The summed E-state index contributed by atoms with van der Waals surface area (Å²) in [6.45, 7) is 1.28. The van der Waals surface area contributed by atoms with Crippen molar-refractivity contribution in [1.82, 2.24) is 0 Å². The average molecular weight is 78.1 g/mol. The van der Waals surface area contributed by atoms with Gasteiger partial charge in [0.15, 0.2) is 0 Å². The summed E-state index contributed by atoms with van der Waals surface area (Å²) in [6, 6.07) is 0. The molecule has 0 fully saturated rings. The Kier molecular flexibility index (Phi) is 6.95. The van der Waals surface area contributed by atoms with Gasteiger partial charge in [-0.1, -0.05) is 7.43 Å². The third-order valence-electron chi connectivity index (χ3n) is 0. The van der Waals surface area contributed by atoms with Gasteiger partial charge in [-0.2, -0.15) is 0 Å². The molecule has 0 spiro atoms. The zero-order valence-corrected chi connectivity index (χ0v) is 2.47. The molecule has 0 unspecified atom stereocenters. The summed E-state index contributed by atoms with van der Waals surface area (Å²) >= 11 is 0. The Labute approximate surface area is 32.1 Å². The second kappa shape index (κ2) is 3.92. The minimum absolute atomic E-state index is 0. The van der Waals surface area contributed by atoms with Crippen LogP contribution in [0.3, 0.4) is 0 Å². The SMILES string of the molecule is C.CC(O)O. The van der Waals surface area contributed by atoms with Crippen LogP contribution in [0, 0.1) is 0 Å². The smallest absolute Gasteiger partial charge is 0.148 e. The van der Waals surface area contributed by atoms with Crippen molar-refractivity contribution >= 4 is 0 Å². The second-order valence-corrected chi connectivity index (χ2v) is 0.632. The predicted octanol–water partition coefficient (Wildman–Crippen LogP) is -0.0469. The number of rotatable bonds is 0. The highest BCUT2D eigenvalue weighted by molar-refractivity contribution is 4.02. The highest BCUT2D eigenvalue weighted by Gasteiger charge is 1.70. The van der Waals surface area contributed by atoms with Gasteiger partial charge in [0, 0.05) is 0 Å². The van der Waals surface area contributed by atoms with E-state index in [1.165, 1.54) is 6.92 Å². The van der Waals surface area contributed by atoms with E-state index in [0.29, 0.717) is 0 Å². The molecule has 0 aliphatic carbocycles. The van der Waals surface area contributed by atoms with E-state index in [1.54, 1.807) is 0 Å². The van der Waals surface area contributed by atoms with Gasteiger partial charge in [0.25, 0.3) is 0 Å². The van der Waals surface area contributed by atoms with Crippen LogP contribution in [0.4, 0.5) is 0 Å². The molecule has 0 radical (unpaired) electrons. The summed E-state index contributed by atoms with van der Waals surface area (Å²) in [4.78, 5) is 0. The maximum absolute atomic E-state index is 7.61. The highest BCUT2D eigenvalue weighted by atomic mass is 16.5. The molecule has 34 valence electrons. The van der Waals surface area contributed by atoms with Crippen molar-refractivity contribution in [1.29, 1.82) is 0 Å². The summed E-state index contributed by atoms with van der Waals surface area (Å²) in [5, 5.41) is 15.2. The molecule has 0 atom stereocenters. The van der Waals surface area contributed by atoms with Crippen LogP contribution in [0.15, 0.2) is 0 Å². The molecule has 0 saturated carbocycles. The highest BCUT2D eigenvalue weighted by Crippen LogP contribution is 1.57. The van der Waals surface area contributed by atoms with Crippen LogP contribution in [-0.2, 0) is 0 Å². The van der Waals surface area contributed by atoms with Crippen molar-refractivity contribution in [3.63, 3.8) is 0 Å². The quantitative estimate of drug-likeness (QED) is 0.399. The van der Waals surface area contributed by atoms with Gasteiger partial charge < -0.3 is 10.2 Å². The van der Waals surface area contributed by atoms with Crippen molar-refractivity contribution in [2.45, 2.75) is 20.6 Å². The van der Waals surface area contributed by atoms with Crippen molar-refractivity contribution < 1.29 is 10.2 Å². The van der Waals surface area contributed by atoms with Crippen LogP contribution in [0.1, 0.15) is 14.4 Å². The zero-order valence-electron chi connectivity index (χ0n) is 2.47. The van der Waals surface area contributed by atoms with Crippen LogP contribution in [-0.4, -0.2) is 16.5 Å². The van der Waals surface area contributed by atoms with Crippen LogP contribution in [0.5, 0.6) is 0 Å². The molecule has 0 aromatic heterocycles. The third kappa shape index (κ3) is 2260. The second-order valence-electron chi connectivity index (χ2n) is 0.632. The lowest BCUT2D eigenvalue weighted by molar-refractivity contribution is -0.0228. The van der Waals surface area contributed by atoms with Crippen LogP contribution in [0.2, 0.25) is 0 Å². The number of hydrogen-bond donors (Lipinski definition) is 2. The maximum Gasteiger partial charge on any atom is 0.148 e. The Morgan fingerprint density at radius 2 is 1.40 bits per heavy atom. The summed E-state index contributed by atoms with van der Waals surface area (Å²) in [5.41, 5.74) is 0. The molecule has 0 heterocycles. The van der Waals surface area contributed by atoms with Crippen molar-refractivity contribution in [2.75, 3.05) is 0 Å². The molecule has 2 heteroatoms. The molecule has 0 aliphatic rings. The predicted molar refractivity (Wildman–Crippen MR) is 20.6 cm³/mol. The van der Waals surface area contributed by atoms with Gasteiger partial charge in [0.2, 0.25) is 0 Å². The number of aliphatic hydroxyl groups is 2. The first kappa shape index (κ1) is 8.87. The molecule has 0 aromatic carbocycles. The third-order valence-corrected chi connectivity index (χ3v) is 0. The Balaban J connectivity index is 0. The first-order valence-corrected chi connectivity index (χ1v) is 1.09. The molecule has 0 saturated heterocycles. The van der Waals surface area contributed by atoms with E-state index in [2.05, 4.69) is 0 Å². The van der Waals surface area contributed by atoms with E-state index in [1.807, 2.05) is 0 Å². The van der Waals surface area contributed by atoms with E-state index in [-0.39, 0.29) is 7.43 Å². The monoisotopic (exact) mass is 78.1 g/mol. The minimum Gasteiger partial charge on any atom is -0.368 e. The Morgan fingerprint density at radius 3 is 1.40 bits per heavy atom. The normalized spacial score (nSPS) is 7.20. The first-order valence-electron chi connectivity index (χ1n) is 1.09. The molecule has 0 rings (SSSR count). The van der Waals surface area contributed by atoms with Gasteiger partial charge >= 0.3 is 0 Å². The fourth-order valence-electron chi connectivity index (χ4n) is 0. The Bertz CT molecular complexity index is 9.61. The summed E-state index contributed by atoms with van der Waals surface area (Å²) in [7, 11) is 0. The lowest BCUT2D eigenvalue weighted by Crippen LogP contribution is -1.92. The standard InChI is InChI=1S/C2H6O2.CH4/c1-2(3)4;/h2-4H,1H3;1H4. The van der Waals surface area contributed by atoms with Gasteiger partial charge in [0.05, 0.1) is 0 Å². The molecule has 0 aromatic rings. The van der Waals surface area contributed by atoms with E-state index in [9.17, 15) is 0 Å². The fourth-order valence-corrected chi connectivity index (χ4v) is 0. The molecule has 2 nitrogen and oxygen atoms in total. The first-order chi connectivity index (χ1) is 1.73.